The lowest BCUT2D eigenvalue weighted by atomic mass is 10.2. The van der Waals surface area contributed by atoms with Gasteiger partial charge < -0.3 is 14.8 Å². The highest BCUT2D eigenvalue weighted by molar-refractivity contribution is 7.08. The Morgan fingerprint density at radius 1 is 1.11 bits per heavy atom. The zero-order chi connectivity index (χ0) is 18.8. The van der Waals surface area contributed by atoms with Gasteiger partial charge in [-0.15, -0.1) is 0 Å². The SMILES string of the molecule is CNC(=O)c1nc(-c2ccccc2)n2c1CCN(C(=O)c1ccsc1)CC2. The number of nitrogens with one attached hydrogen (secondary N) is 1. The number of hydrogen-bond acceptors (Lipinski definition) is 4. The second-order valence-corrected chi connectivity index (χ2v) is 7.16. The van der Waals surface area contributed by atoms with Crippen LogP contribution >= 0.6 is 11.3 Å². The lowest BCUT2D eigenvalue weighted by molar-refractivity contribution is 0.0759. The minimum absolute atomic E-state index is 0.0396. The topological polar surface area (TPSA) is 67.2 Å². The molecule has 2 amide bonds. The van der Waals surface area contributed by atoms with Crippen LogP contribution in [-0.2, 0) is 13.0 Å². The zero-order valence-corrected chi connectivity index (χ0v) is 15.8. The quantitative estimate of drug-likeness (QED) is 0.760. The first-order valence-electron chi connectivity index (χ1n) is 8.87. The van der Waals surface area contributed by atoms with Crippen molar-refractivity contribution < 1.29 is 9.59 Å². The van der Waals surface area contributed by atoms with Crippen molar-refractivity contribution in [3.8, 4) is 11.4 Å². The number of hydrogen-bond donors (Lipinski definition) is 1. The van der Waals surface area contributed by atoms with Gasteiger partial charge in [0.05, 0.1) is 11.3 Å². The van der Waals surface area contributed by atoms with Crippen molar-refractivity contribution in [2.45, 2.75) is 13.0 Å². The van der Waals surface area contributed by atoms with Gasteiger partial charge in [-0.2, -0.15) is 11.3 Å². The normalized spacial score (nSPS) is 13.7. The summed E-state index contributed by atoms with van der Waals surface area (Å²) < 4.78 is 2.08. The lowest BCUT2D eigenvalue weighted by Gasteiger charge is -2.19. The van der Waals surface area contributed by atoms with Crippen LogP contribution in [0.2, 0.25) is 0 Å². The van der Waals surface area contributed by atoms with E-state index >= 15 is 0 Å². The molecule has 6 nitrogen and oxygen atoms in total. The summed E-state index contributed by atoms with van der Waals surface area (Å²) in [7, 11) is 1.61. The molecule has 0 spiro atoms. The molecule has 1 aromatic carbocycles. The summed E-state index contributed by atoms with van der Waals surface area (Å²) in [6, 6.07) is 11.7. The number of fused-ring (bicyclic) bond motifs is 1. The molecule has 138 valence electrons. The summed E-state index contributed by atoms with van der Waals surface area (Å²) in [4.78, 5) is 31.6. The number of benzene rings is 1. The molecule has 0 unspecified atom stereocenters. The molecule has 7 heteroatoms. The number of rotatable bonds is 3. The summed E-state index contributed by atoms with van der Waals surface area (Å²) in [5.74, 6) is 0.616. The minimum Gasteiger partial charge on any atom is -0.354 e. The Morgan fingerprint density at radius 2 is 1.93 bits per heavy atom. The van der Waals surface area contributed by atoms with E-state index in [9.17, 15) is 9.59 Å². The molecule has 1 aliphatic rings. The van der Waals surface area contributed by atoms with Crippen molar-refractivity contribution in [3.63, 3.8) is 0 Å². The van der Waals surface area contributed by atoms with E-state index in [1.165, 1.54) is 11.3 Å². The van der Waals surface area contributed by atoms with E-state index in [4.69, 9.17) is 0 Å². The van der Waals surface area contributed by atoms with Gasteiger partial charge in [0.15, 0.2) is 0 Å². The highest BCUT2D eigenvalue weighted by atomic mass is 32.1. The number of imidazole rings is 1. The fourth-order valence-corrected chi connectivity index (χ4v) is 4.06. The molecule has 1 aliphatic heterocycles. The Bertz CT molecular complexity index is 964. The summed E-state index contributed by atoms with van der Waals surface area (Å²) in [6.07, 6.45) is 0.596. The molecule has 1 N–H and O–H groups in total. The van der Waals surface area contributed by atoms with Gasteiger partial charge >= 0.3 is 0 Å². The summed E-state index contributed by atoms with van der Waals surface area (Å²) in [5, 5.41) is 6.47. The third kappa shape index (κ3) is 3.26. The van der Waals surface area contributed by atoms with Crippen molar-refractivity contribution in [1.82, 2.24) is 19.8 Å². The Balaban J connectivity index is 1.70. The van der Waals surface area contributed by atoms with Gasteiger partial charge in [0.2, 0.25) is 0 Å². The number of amides is 2. The van der Waals surface area contributed by atoms with Crippen molar-refractivity contribution in [2.75, 3.05) is 20.1 Å². The molecule has 3 heterocycles. The van der Waals surface area contributed by atoms with Crippen LogP contribution < -0.4 is 5.32 Å². The van der Waals surface area contributed by atoms with Gasteiger partial charge in [0.25, 0.3) is 11.8 Å². The fourth-order valence-electron chi connectivity index (χ4n) is 3.43. The van der Waals surface area contributed by atoms with Gasteiger partial charge in [-0.25, -0.2) is 4.98 Å². The van der Waals surface area contributed by atoms with E-state index in [1.54, 1.807) is 7.05 Å². The predicted molar refractivity (Wildman–Crippen MR) is 105 cm³/mol. The van der Waals surface area contributed by atoms with Crippen LogP contribution in [0.15, 0.2) is 47.2 Å². The van der Waals surface area contributed by atoms with Crippen LogP contribution in [0.25, 0.3) is 11.4 Å². The van der Waals surface area contributed by atoms with Gasteiger partial charge in [0.1, 0.15) is 11.5 Å². The molecular weight excluding hydrogens is 360 g/mol. The molecule has 0 radical (unpaired) electrons. The number of carbonyl (C=O) groups excluding carboxylic acids is 2. The average Bonchev–Trinajstić information content (AvgIpc) is 3.31. The number of nitrogens with zero attached hydrogens (tertiary/aromatic N) is 3. The molecule has 4 rings (SSSR count). The Morgan fingerprint density at radius 3 is 2.63 bits per heavy atom. The molecule has 0 saturated heterocycles. The minimum atomic E-state index is -0.196. The Labute approximate surface area is 161 Å². The average molecular weight is 380 g/mol. The molecule has 0 atom stereocenters. The van der Waals surface area contributed by atoms with Crippen LogP contribution in [-0.4, -0.2) is 46.4 Å². The number of carbonyl (C=O) groups is 2. The monoisotopic (exact) mass is 380 g/mol. The van der Waals surface area contributed by atoms with E-state index in [-0.39, 0.29) is 11.8 Å². The van der Waals surface area contributed by atoms with E-state index < -0.39 is 0 Å². The molecule has 0 fully saturated rings. The summed E-state index contributed by atoms with van der Waals surface area (Å²) in [5.41, 5.74) is 3.01. The second-order valence-electron chi connectivity index (χ2n) is 6.38. The van der Waals surface area contributed by atoms with Gasteiger partial charge in [0, 0.05) is 44.0 Å². The van der Waals surface area contributed by atoms with Gasteiger partial charge in [-0.05, 0) is 11.4 Å². The van der Waals surface area contributed by atoms with Crippen LogP contribution in [0.4, 0.5) is 0 Å². The molecule has 0 bridgehead atoms. The maximum absolute atomic E-state index is 12.7. The first-order valence-corrected chi connectivity index (χ1v) is 9.81. The predicted octanol–water partition coefficient (Wildman–Crippen LogP) is 2.67. The van der Waals surface area contributed by atoms with Crippen LogP contribution in [0.5, 0.6) is 0 Å². The Kier molecular flexibility index (Phi) is 4.77. The third-order valence-corrected chi connectivity index (χ3v) is 5.50. The van der Waals surface area contributed by atoms with E-state index in [1.807, 2.05) is 52.1 Å². The Hall–Kier alpha value is -2.93. The fraction of sp³-hybridized carbons (Fsp3) is 0.250. The first kappa shape index (κ1) is 17.5. The molecule has 3 aromatic rings. The third-order valence-electron chi connectivity index (χ3n) is 4.81. The summed E-state index contributed by atoms with van der Waals surface area (Å²) in [6.45, 7) is 1.77. The largest absolute Gasteiger partial charge is 0.354 e. The lowest BCUT2D eigenvalue weighted by Crippen LogP contribution is -2.33. The highest BCUT2D eigenvalue weighted by Crippen LogP contribution is 2.25. The van der Waals surface area contributed by atoms with E-state index in [2.05, 4.69) is 14.9 Å². The standard InChI is InChI=1S/C20H20N4O2S/c1-21-19(25)17-16-7-9-23(20(26)15-8-12-27-13-15)10-11-24(16)18(22-17)14-5-3-2-4-6-14/h2-6,8,12-13H,7,9-11H2,1H3,(H,21,25). The maximum Gasteiger partial charge on any atom is 0.271 e. The molecular formula is C20H20N4O2S. The van der Waals surface area contributed by atoms with E-state index in [0.717, 1.165) is 22.6 Å². The van der Waals surface area contributed by atoms with Crippen LogP contribution in [0.1, 0.15) is 26.5 Å². The van der Waals surface area contributed by atoms with Crippen molar-refractivity contribution in [2.24, 2.45) is 0 Å². The molecule has 0 aliphatic carbocycles. The van der Waals surface area contributed by atoms with Crippen LogP contribution in [0.3, 0.4) is 0 Å². The second kappa shape index (κ2) is 7.36. The van der Waals surface area contributed by atoms with E-state index in [0.29, 0.717) is 31.7 Å². The molecule has 0 saturated carbocycles. The zero-order valence-electron chi connectivity index (χ0n) is 15.0. The smallest absolute Gasteiger partial charge is 0.271 e. The van der Waals surface area contributed by atoms with Gasteiger partial charge in [-0.3, -0.25) is 9.59 Å². The summed E-state index contributed by atoms with van der Waals surface area (Å²) >= 11 is 1.52. The number of thiophene rings is 1. The first-order chi connectivity index (χ1) is 13.2. The van der Waals surface area contributed by atoms with Gasteiger partial charge in [-0.1, -0.05) is 30.3 Å². The molecule has 27 heavy (non-hydrogen) atoms. The number of aromatic nitrogens is 2. The van der Waals surface area contributed by atoms with Crippen molar-refractivity contribution in [3.05, 3.63) is 64.1 Å². The molecule has 2 aromatic heterocycles. The van der Waals surface area contributed by atoms with Crippen molar-refractivity contribution >= 4 is 23.2 Å². The maximum atomic E-state index is 12.7. The highest BCUT2D eigenvalue weighted by Gasteiger charge is 2.27. The van der Waals surface area contributed by atoms with Crippen molar-refractivity contribution in [1.29, 1.82) is 0 Å². The van der Waals surface area contributed by atoms with Crippen LogP contribution in [0, 0.1) is 0 Å².